The van der Waals surface area contributed by atoms with Gasteiger partial charge in [0.2, 0.25) is 11.9 Å². The van der Waals surface area contributed by atoms with Crippen LogP contribution in [0.1, 0.15) is 64.0 Å². The summed E-state index contributed by atoms with van der Waals surface area (Å²) in [4.78, 5) is 37.6. The molecule has 14 heteroatoms. The van der Waals surface area contributed by atoms with Crippen molar-refractivity contribution in [1.29, 1.82) is 5.26 Å². The van der Waals surface area contributed by atoms with Crippen molar-refractivity contribution in [2.24, 2.45) is 11.8 Å². The summed E-state index contributed by atoms with van der Waals surface area (Å²) in [5.41, 5.74) is 1.23. The number of nitrogens with zero attached hydrogens (tertiary/aromatic N) is 4. The maximum Gasteiger partial charge on any atom is 0.280 e. The number of nitriles is 1. The van der Waals surface area contributed by atoms with E-state index < -0.39 is 43.8 Å². The second-order valence-corrected chi connectivity index (χ2v) is 21.0. The second-order valence-electron chi connectivity index (χ2n) is 16.3. The van der Waals surface area contributed by atoms with Crippen LogP contribution < -0.4 is 20.3 Å². The first kappa shape index (κ1) is 42.3. The lowest BCUT2D eigenvalue weighted by molar-refractivity contribution is -0.118. The first-order valence-electron chi connectivity index (χ1n) is 19.4. The zero-order valence-corrected chi connectivity index (χ0v) is 35.6. The zero-order valence-electron chi connectivity index (χ0n) is 34.6. The van der Waals surface area contributed by atoms with Crippen molar-refractivity contribution in [2.45, 2.75) is 83.2 Å². The minimum Gasteiger partial charge on any atom is -0.497 e. The van der Waals surface area contributed by atoms with Crippen LogP contribution in [-0.4, -0.2) is 66.8 Å². The van der Waals surface area contributed by atoms with Gasteiger partial charge in [0.15, 0.2) is 19.5 Å². The predicted octanol–water partition coefficient (Wildman–Crippen LogP) is 7.76. The number of nitrogens with one attached hydrogen (secondary N) is 2. The van der Waals surface area contributed by atoms with Crippen LogP contribution in [0, 0.1) is 29.6 Å². The molecule has 13 nitrogen and oxygen atoms in total. The first-order chi connectivity index (χ1) is 27.6. The Balaban J connectivity index is 1.50. The molecule has 1 saturated heterocycles. The van der Waals surface area contributed by atoms with Crippen molar-refractivity contribution in [3.63, 3.8) is 0 Å². The number of aromatic amines is 1. The molecule has 0 saturated carbocycles. The van der Waals surface area contributed by atoms with Gasteiger partial charge in [-0.05, 0) is 65.5 Å². The molecule has 2 aromatic heterocycles. The van der Waals surface area contributed by atoms with Gasteiger partial charge in [-0.2, -0.15) is 10.2 Å². The monoisotopic (exact) mass is 805 g/mol. The molecule has 0 spiro atoms. The molecule has 2 N–H and O–H groups in total. The smallest absolute Gasteiger partial charge is 0.280 e. The van der Waals surface area contributed by atoms with Gasteiger partial charge in [-0.15, -0.1) is 0 Å². The van der Waals surface area contributed by atoms with Gasteiger partial charge in [-0.3, -0.25) is 24.5 Å². The lowest BCUT2D eigenvalue weighted by Crippen LogP contribution is -2.49. The molecule has 58 heavy (non-hydrogen) atoms. The molecular formula is C44H53N6O7Si. The Morgan fingerprint density at radius 2 is 1.57 bits per heavy atom. The van der Waals surface area contributed by atoms with Crippen molar-refractivity contribution in [3.05, 3.63) is 119 Å². The number of benzene rings is 3. The van der Waals surface area contributed by atoms with Crippen molar-refractivity contribution >= 4 is 31.3 Å². The van der Waals surface area contributed by atoms with Gasteiger partial charge in [0.1, 0.15) is 29.4 Å². The van der Waals surface area contributed by atoms with Crippen LogP contribution in [0.15, 0.2) is 90.0 Å². The molecule has 0 aliphatic carbocycles. The average molecular weight is 806 g/mol. The van der Waals surface area contributed by atoms with Gasteiger partial charge in [0, 0.05) is 18.3 Å². The van der Waals surface area contributed by atoms with E-state index >= 15 is 0 Å². The van der Waals surface area contributed by atoms with Crippen molar-refractivity contribution in [1.82, 2.24) is 19.5 Å². The number of ether oxygens (including phenoxy) is 4. The fourth-order valence-corrected chi connectivity index (χ4v) is 8.31. The van der Waals surface area contributed by atoms with E-state index in [1.165, 1.54) is 6.33 Å². The summed E-state index contributed by atoms with van der Waals surface area (Å²) in [5.74, 6) is 0.251. The number of amides is 1. The molecule has 305 valence electrons. The van der Waals surface area contributed by atoms with E-state index in [1.807, 2.05) is 85.3 Å². The third-order valence-corrected chi connectivity index (χ3v) is 15.7. The predicted molar refractivity (Wildman–Crippen MR) is 224 cm³/mol. The Hall–Kier alpha value is -5.33. The van der Waals surface area contributed by atoms with E-state index in [2.05, 4.69) is 60.2 Å². The number of anilines is 1. The summed E-state index contributed by atoms with van der Waals surface area (Å²) in [6, 6.07) is 27.9. The lowest BCUT2D eigenvalue weighted by Gasteiger charge is -2.41. The standard InChI is InChI=1S/C44H53N6O7Si/c1-28(2)39(51)48-42-47-38-36(40(52)49-42)46-27-50(38)41-34(16-13-25-45)37(57-58(8,9)43(3,4)5)35(56-41)26-55-44(29-14-11-10-12-15-29,30-17-21-32(53-6)22-18-30)31-19-23-33(54-7)24-20-31/h10-12,14-24,27-28,34-35,37,41H,13,26H2,1-9H3,(H2,47,48,49,51,52)/t34-,35-,37-,41-/m1/s1. The summed E-state index contributed by atoms with van der Waals surface area (Å²) < 4.78 is 34.5. The van der Waals surface area contributed by atoms with Gasteiger partial charge in [0.25, 0.3) is 5.56 Å². The SMILES string of the molecule is COc1ccc(C(OC[C@H]2O[C@@H](n3cnc4c(=O)[nH]c(NC(=O)C(C)C)nc43)[C@H]([CH]CC#N)[C@H]2O[Si](C)(C)C(C)(C)C)(c2ccccc2)c2ccc(OC)cc2)cc1. The van der Waals surface area contributed by atoms with Gasteiger partial charge >= 0.3 is 0 Å². The number of carbonyl (C=O) groups is 1. The highest BCUT2D eigenvalue weighted by atomic mass is 28.4. The molecule has 1 amide bonds. The molecule has 0 unspecified atom stereocenters. The van der Waals surface area contributed by atoms with E-state index in [4.69, 9.17) is 23.4 Å². The average Bonchev–Trinajstić information content (AvgIpc) is 3.78. The zero-order chi connectivity index (χ0) is 41.8. The van der Waals surface area contributed by atoms with Crippen LogP contribution in [-0.2, 0) is 24.3 Å². The van der Waals surface area contributed by atoms with Crippen molar-refractivity contribution < 1.29 is 28.2 Å². The van der Waals surface area contributed by atoms with E-state index in [0.717, 1.165) is 16.7 Å². The molecular weight excluding hydrogens is 753 g/mol. The number of H-pyrrole nitrogens is 1. The molecule has 1 fully saturated rings. The number of methoxy groups -OCH3 is 2. The molecule has 1 aliphatic rings. The minimum atomic E-state index is -2.51. The topological polar surface area (TPSA) is 163 Å². The Morgan fingerprint density at radius 3 is 2.10 bits per heavy atom. The normalized spacial score (nSPS) is 18.6. The van der Waals surface area contributed by atoms with Crippen LogP contribution in [0.3, 0.4) is 0 Å². The Morgan fingerprint density at radius 1 is 0.983 bits per heavy atom. The molecule has 0 bridgehead atoms. The molecule has 1 radical (unpaired) electrons. The molecule has 3 heterocycles. The van der Waals surface area contributed by atoms with Gasteiger partial charge in [-0.1, -0.05) is 89.2 Å². The number of rotatable bonds is 15. The van der Waals surface area contributed by atoms with Crippen LogP contribution in [0.5, 0.6) is 11.5 Å². The maximum absolute atomic E-state index is 13.3. The summed E-state index contributed by atoms with van der Waals surface area (Å²) >= 11 is 0. The summed E-state index contributed by atoms with van der Waals surface area (Å²) in [7, 11) is 0.759. The van der Waals surface area contributed by atoms with Crippen molar-refractivity contribution in [2.75, 3.05) is 26.1 Å². The second kappa shape index (κ2) is 17.3. The summed E-state index contributed by atoms with van der Waals surface area (Å²) in [5, 5.41) is 12.4. The van der Waals surface area contributed by atoms with Gasteiger partial charge in [0.05, 0.1) is 39.3 Å². The highest BCUT2D eigenvalue weighted by Crippen LogP contribution is 2.47. The van der Waals surface area contributed by atoms with Crippen molar-refractivity contribution in [3.8, 4) is 17.6 Å². The maximum atomic E-state index is 13.3. The fourth-order valence-electron chi connectivity index (χ4n) is 6.97. The van der Waals surface area contributed by atoms with Gasteiger partial charge < -0.3 is 23.4 Å². The molecule has 4 atom stereocenters. The summed E-state index contributed by atoms with van der Waals surface area (Å²) in [6.45, 7) is 14.4. The Labute approximate surface area is 340 Å². The third kappa shape index (κ3) is 8.44. The van der Waals surface area contributed by atoms with E-state index in [1.54, 1.807) is 32.6 Å². The molecule has 1 aliphatic heterocycles. The fraction of sp³-hybridized carbons (Fsp3) is 0.409. The van der Waals surface area contributed by atoms with Gasteiger partial charge in [-0.25, -0.2) is 4.98 Å². The number of aromatic nitrogens is 4. The highest BCUT2D eigenvalue weighted by molar-refractivity contribution is 6.74. The van der Waals surface area contributed by atoms with Crippen LogP contribution in [0.2, 0.25) is 18.1 Å². The highest BCUT2D eigenvalue weighted by Gasteiger charge is 2.52. The van der Waals surface area contributed by atoms with E-state index in [9.17, 15) is 14.9 Å². The Bertz CT molecular complexity index is 2230. The number of hydrogen-bond acceptors (Lipinski definition) is 10. The Kier molecular flexibility index (Phi) is 12.6. The lowest BCUT2D eigenvalue weighted by atomic mass is 9.80. The van der Waals surface area contributed by atoms with E-state index in [0.29, 0.717) is 11.5 Å². The quantitative estimate of drug-likeness (QED) is 0.0790. The van der Waals surface area contributed by atoms with Crippen LogP contribution in [0.25, 0.3) is 11.2 Å². The number of imidazole rings is 1. The largest absolute Gasteiger partial charge is 0.497 e. The van der Waals surface area contributed by atoms with Crippen LogP contribution >= 0.6 is 0 Å². The minimum absolute atomic E-state index is 0.00548. The van der Waals surface area contributed by atoms with E-state index in [-0.39, 0.29) is 47.0 Å². The number of hydrogen-bond donors (Lipinski definition) is 2. The third-order valence-electron chi connectivity index (χ3n) is 11.2. The number of fused-ring (bicyclic) bond motifs is 1. The first-order valence-corrected chi connectivity index (χ1v) is 22.3. The summed E-state index contributed by atoms with van der Waals surface area (Å²) in [6.07, 6.45) is 1.45. The van der Waals surface area contributed by atoms with Crippen LogP contribution in [0.4, 0.5) is 5.95 Å². The molecule has 5 aromatic rings. The molecule has 6 rings (SSSR count). The molecule has 3 aromatic carbocycles. The number of carbonyl (C=O) groups excluding carboxylic acids is 1.